The highest BCUT2D eigenvalue weighted by Gasteiger charge is 2.59. The summed E-state index contributed by atoms with van der Waals surface area (Å²) in [5.41, 5.74) is 0.378. The standard InChI is InChI=1S/C17H13NO6S/c1-25(20,21)18-12-5-3-2-4-10(12)17(16(18)19)8-22-13-7-15-14(6-11(13)17)23-9-24-15/h2-7H,8-9H2,1H3. The van der Waals surface area contributed by atoms with Gasteiger partial charge in [0.2, 0.25) is 16.8 Å². The number of amides is 1. The molecule has 0 saturated carbocycles. The molecular formula is C17H13NO6S. The minimum Gasteiger partial charge on any atom is -0.491 e. The van der Waals surface area contributed by atoms with E-state index in [9.17, 15) is 13.2 Å². The third-order valence-electron chi connectivity index (χ3n) is 4.84. The maximum atomic E-state index is 13.3. The summed E-state index contributed by atoms with van der Waals surface area (Å²) in [6.45, 7) is 0.137. The Bertz CT molecular complexity index is 1050. The summed E-state index contributed by atoms with van der Waals surface area (Å²) in [7, 11) is -3.77. The summed E-state index contributed by atoms with van der Waals surface area (Å²) in [5.74, 6) is 1.04. The highest BCUT2D eigenvalue weighted by molar-refractivity contribution is 7.92. The molecule has 0 bridgehead atoms. The zero-order valence-electron chi connectivity index (χ0n) is 13.2. The fourth-order valence-corrected chi connectivity index (χ4v) is 4.75. The van der Waals surface area contributed by atoms with Crippen LogP contribution in [0, 0.1) is 0 Å². The number of carbonyl (C=O) groups excluding carboxylic acids is 1. The fraction of sp³-hybridized carbons (Fsp3) is 0.235. The van der Waals surface area contributed by atoms with Crippen molar-refractivity contribution in [1.29, 1.82) is 0 Å². The van der Waals surface area contributed by atoms with Gasteiger partial charge in [-0.05, 0) is 12.1 Å². The van der Waals surface area contributed by atoms with Crippen LogP contribution in [0.4, 0.5) is 5.69 Å². The fourth-order valence-electron chi connectivity index (χ4n) is 3.78. The Morgan fingerprint density at radius 2 is 1.72 bits per heavy atom. The van der Waals surface area contributed by atoms with Crippen molar-refractivity contribution in [3.63, 3.8) is 0 Å². The summed E-state index contributed by atoms with van der Waals surface area (Å²) in [6.07, 6.45) is 1.02. The number of benzene rings is 2. The van der Waals surface area contributed by atoms with E-state index in [0.29, 0.717) is 34.1 Å². The summed E-state index contributed by atoms with van der Waals surface area (Å²) >= 11 is 0. The summed E-state index contributed by atoms with van der Waals surface area (Å²) in [6, 6.07) is 10.3. The molecule has 5 rings (SSSR count). The van der Waals surface area contributed by atoms with Crippen LogP contribution in [0.5, 0.6) is 17.2 Å². The van der Waals surface area contributed by atoms with E-state index in [1.165, 1.54) is 0 Å². The molecule has 128 valence electrons. The number of rotatable bonds is 1. The average molecular weight is 359 g/mol. The highest BCUT2D eigenvalue weighted by Crippen LogP contribution is 2.55. The molecule has 7 nitrogen and oxygen atoms in total. The van der Waals surface area contributed by atoms with E-state index in [2.05, 4.69) is 0 Å². The van der Waals surface area contributed by atoms with Crippen molar-refractivity contribution in [1.82, 2.24) is 0 Å². The number of para-hydroxylation sites is 1. The van der Waals surface area contributed by atoms with Crippen molar-refractivity contribution >= 4 is 21.6 Å². The normalized spacial score (nSPS) is 22.9. The van der Waals surface area contributed by atoms with E-state index >= 15 is 0 Å². The van der Waals surface area contributed by atoms with Crippen LogP contribution in [0.15, 0.2) is 36.4 Å². The zero-order valence-corrected chi connectivity index (χ0v) is 14.0. The predicted molar refractivity (Wildman–Crippen MR) is 87.6 cm³/mol. The molecule has 2 aromatic rings. The van der Waals surface area contributed by atoms with E-state index in [1.807, 2.05) is 0 Å². The van der Waals surface area contributed by atoms with Crippen molar-refractivity contribution < 1.29 is 27.4 Å². The minimum absolute atomic E-state index is 0.0348. The molecule has 0 N–H and O–H groups in total. The molecule has 1 unspecified atom stereocenters. The van der Waals surface area contributed by atoms with Gasteiger partial charge in [0.05, 0.1) is 11.9 Å². The molecule has 1 amide bonds. The Labute approximate surface area is 143 Å². The quantitative estimate of drug-likeness (QED) is 0.766. The van der Waals surface area contributed by atoms with Crippen molar-refractivity contribution in [3.8, 4) is 17.2 Å². The van der Waals surface area contributed by atoms with Crippen LogP contribution in [0.1, 0.15) is 11.1 Å². The SMILES string of the molecule is CS(=O)(=O)N1C(=O)C2(COc3cc4c(cc32)OCO4)c2ccccc21. The molecule has 1 atom stereocenters. The Hall–Kier alpha value is -2.74. The minimum atomic E-state index is -3.77. The van der Waals surface area contributed by atoms with Crippen LogP contribution in [-0.4, -0.2) is 34.0 Å². The van der Waals surface area contributed by atoms with Crippen molar-refractivity contribution in [2.45, 2.75) is 5.41 Å². The molecule has 0 aromatic heterocycles. The lowest BCUT2D eigenvalue weighted by Crippen LogP contribution is -2.44. The second-order valence-electron chi connectivity index (χ2n) is 6.25. The van der Waals surface area contributed by atoms with Crippen LogP contribution >= 0.6 is 0 Å². The maximum absolute atomic E-state index is 13.3. The second kappa shape index (κ2) is 4.45. The maximum Gasteiger partial charge on any atom is 0.259 e. The smallest absolute Gasteiger partial charge is 0.259 e. The molecule has 0 aliphatic carbocycles. The summed E-state index contributed by atoms with van der Waals surface area (Å²) < 4.78 is 41.9. The van der Waals surface area contributed by atoms with Crippen LogP contribution in [0.2, 0.25) is 0 Å². The summed E-state index contributed by atoms with van der Waals surface area (Å²) in [5, 5.41) is 0. The largest absolute Gasteiger partial charge is 0.491 e. The van der Waals surface area contributed by atoms with Gasteiger partial charge in [-0.15, -0.1) is 0 Å². The van der Waals surface area contributed by atoms with Gasteiger partial charge in [0, 0.05) is 17.2 Å². The number of anilines is 1. The van der Waals surface area contributed by atoms with Gasteiger partial charge < -0.3 is 14.2 Å². The first-order valence-corrected chi connectivity index (χ1v) is 9.49. The van der Waals surface area contributed by atoms with Gasteiger partial charge in [0.25, 0.3) is 5.91 Å². The second-order valence-corrected chi connectivity index (χ2v) is 8.08. The lowest BCUT2D eigenvalue weighted by atomic mass is 9.77. The molecule has 2 aromatic carbocycles. The number of hydrogen-bond acceptors (Lipinski definition) is 6. The first kappa shape index (κ1) is 14.6. The topological polar surface area (TPSA) is 82.1 Å². The van der Waals surface area contributed by atoms with E-state index < -0.39 is 21.3 Å². The van der Waals surface area contributed by atoms with Crippen molar-refractivity contribution in [3.05, 3.63) is 47.5 Å². The van der Waals surface area contributed by atoms with Gasteiger partial charge in [-0.1, -0.05) is 18.2 Å². The van der Waals surface area contributed by atoms with Crippen molar-refractivity contribution in [2.24, 2.45) is 0 Å². The van der Waals surface area contributed by atoms with Crippen LogP contribution in [0.25, 0.3) is 0 Å². The van der Waals surface area contributed by atoms with Crippen LogP contribution in [-0.2, 0) is 20.2 Å². The third kappa shape index (κ3) is 1.69. The molecule has 3 aliphatic rings. The molecule has 0 radical (unpaired) electrons. The van der Waals surface area contributed by atoms with Crippen molar-refractivity contribution in [2.75, 3.05) is 24.0 Å². The number of nitrogens with zero attached hydrogens (tertiary/aromatic N) is 1. The van der Waals surface area contributed by atoms with Gasteiger partial charge in [0.1, 0.15) is 17.8 Å². The van der Waals surface area contributed by atoms with Gasteiger partial charge in [-0.2, -0.15) is 0 Å². The van der Waals surface area contributed by atoms with Gasteiger partial charge in [-0.3, -0.25) is 4.79 Å². The molecule has 3 aliphatic heterocycles. The Morgan fingerprint density at radius 3 is 2.48 bits per heavy atom. The predicted octanol–water partition coefficient (Wildman–Crippen LogP) is 1.40. The molecule has 3 heterocycles. The Morgan fingerprint density at radius 1 is 1.00 bits per heavy atom. The average Bonchev–Trinajstić information content (AvgIpc) is 3.22. The third-order valence-corrected chi connectivity index (χ3v) is 5.87. The van der Waals surface area contributed by atoms with E-state index in [1.54, 1.807) is 36.4 Å². The van der Waals surface area contributed by atoms with E-state index in [-0.39, 0.29) is 13.4 Å². The number of sulfonamides is 1. The lowest BCUT2D eigenvalue weighted by Gasteiger charge is -2.22. The summed E-state index contributed by atoms with van der Waals surface area (Å²) in [4.78, 5) is 13.3. The van der Waals surface area contributed by atoms with Crippen LogP contribution < -0.4 is 18.5 Å². The monoisotopic (exact) mass is 359 g/mol. The Kier molecular flexibility index (Phi) is 2.60. The molecule has 0 saturated heterocycles. The molecule has 25 heavy (non-hydrogen) atoms. The molecule has 8 heteroatoms. The van der Waals surface area contributed by atoms with E-state index in [0.717, 1.165) is 10.6 Å². The Balaban J connectivity index is 1.81. The number of ether oxygens (including phenoxy) is 3. The molecular weight excluding hydrogens is 346 g/mol. The van der Waals surface area contributed by atoms with Gasteiger partial charge in [-0.25, -0.2) is 12.7 Å². The van der Waals surface area contributed by atoms with E-state index in [4.69, 9.17) is 14.2 Å². The lowest BCUT2D eigenvalue weighted by molar-refractivity contribution is -0.120. The molecule has 1 spiro atoms. The van der Waals surface area contributed by atoms with Gasteiger partial charge in [0.15, 0.2) is 11.5 Å². The first-order valence-electron chi connectivity index (χ1n) is 7.64. The number of fused-ring (bicyclic) bond motifs is 5. The van der Waals surface area contributed by atoms with Crippen LogP contribution in [0.3, 0.4) is 0 Å². The number of carbonyl (C=O) groups is 1. The first-order chi connectivity index (χ1) is 11.9. The zero-order chi connectivity index (χ0) is 17.4. The van der Waals surface area contributed by atoms with Gasteiger partial charge >= 0.3 is 0 Å². The highest BCUT2D eigenvalue weighted by atomic mass is 32.2. The number of hydrogen-bond donors (Lipinski definition) is 0. The molecule has 0 fully saturated rings.